The third-order valence-electron chi connectivity index (χ3n) is 2.88. The summed E-state index contributed by atoms with van der Waals surface area (Å²) in [5.74, 6) is 1.66. The fourth-order valence-electron chi connectivity index (χ4n) is 1.99. The van der Waals surface area contributed by atoms with Crippen LogP contribution in [0.1, 0.15) is 5.82 Å². The van der Waals surface area contributed by atoms with Crippen LogP contribution < -0.4 is 10.5 Å². The maximum Gasteiger partial charge on any atom is 0.155 e. The van der Waals surface area contributed by atoms with Crippen molar-refractivity contribution in [3.05, 3.63) is 35.2 Å². The van der Waals surface area contributed by atoms with Gasteiger partial charge in [-0.1, -0.05) is 23.7 Å². The van der Waals surface area contributed by atoms with Crippen molar-refractivity contribution in [3.8, 4) is 17.0 Å². The summed E-state index contributed by atoms with van der Waals surface area (Å²) >= 11 is 6.22. The van der Waals surface area contributed by atoms with Crippen LogP contribution in [0.15, 0.2) is 24.3 Å². The lowest BCUT2D eigenvalue weighted by molar-refractivity contribution is 0.416. The molecule has 0 saturated heterocycles. The smallest absolute Gasteiger partial charge is 0.155 e. The van der Waals surface area contributed by atoms with Crippen molar-refractivity contribution < 1.29 is 4.74 Å². The number of benzene rings is 1. The minimum absolute atomic E-state index is 0.477. The fraction of sp³-hybridized carbons (Fsp3) is 0.308. The Morgan fingerprint density at radius 3 is 2.78 bits per heavy atom. The second kappa shape index (κ2) is 5.42. The summed E-state index contributed by atoms with van der Waals surface area (Å²) in [4.78, 5) is 4.34. The molecule has 4 nitrogen and oxygen atoms in total. The average Bonchev–Trinajstić information content (AvgIpc) is 2.65. The summed E-state index contributed by atoms with van der Waals surface area (Å²) < 4.78 is 7.32. The first kappa shape index (κ1) is 12.9. The number of hydrogen-bond acceptors (Lipinski definition) is 3. The molecule has 0 atom stereocenters. The van der Waals surface area contributed by atoms with Crippen LogP contribution in [0.4, 0.5) is 0 Å². The predicted octanol–water partition coefficient (Wildman–Crippen LogP) is 2.25. The van der Waals surface area contributed by atoms with Crippen molar-refractivity contribution in [2.75, 3.05) is 13.7 Å². The minimum atomic E-state index is 0.477. The SMILES string of the molecule is COc1ccccc1-c1c(Cl)nc(CCN)n1C. The molecule has 96 valence electrons. The summed E-state index contributed by atoms with van der Waals surface area (Å²) in [6, 6.07) is 7.74. The Balaban J connectivity index is 2.57. The molecule has 0 aliphatic heterocycles. The van der Waals surface area contributed by atoms with E-state index in [-0.39, 0.29) is 0 Å². The molecule has 0 fully saturated rings. The van der Waals surface area contributed by atoms with E-state index >= 15 is 0 Å². The van der Waals surface area contributed by atoms with Gasteiger partial charge in [0, 0.05) is 19.0 Å². The van der Waals surface area contributed by atoms with Gasteiger partial charge in [0.25, 0.3) is 0 Å². The molecule has 0 amide bonds. The van der Waals surface area contributed by atoms with Gasteiger partial charge >= 0.3 is 0 Å². The number of hydrogen-bond donors (Lipinski definition) is 1. The Labute approximate surface area is 111 Å². The molecule has 2 rings (SSSR count). The zero-order valence-corrected chi connectivity index (χ0v) is 11.2. The van der Waals surface area contributed by atoms with Gasteiger partial charge < -0.3 is 15.0 Å². The quantitative estimate of drug-likeness (QED) is 0.923. The van der Waals surface area contributed by atoms with E-state index in [0.29, 0.717) is 18.1 Å². The first-order chi connectivity index (χ1) is 8.69. The van der Waals surface area contributed by atoms with Gasteiger partial charge in [-0.2, -0.15) is 0 Å². The number of nitrogens with zero attached hydrogens (tertiary/aromatic N) is 2. The Morgan fingerprint density at radius 2 is 2.11 bits per heavy atom. The van der Waals surface area contributed by atoms with Crippen molar-refractivity contribution in [2.45, 2.75) is 6.42 Å². The van der Waals surface area contributed by atoms with E-state index in [1.807, 2.05) is 35.9 Å². The van der Waals surface area contributed by atoms with E-state index in [9.17, 15) is 0 Å². The minimum Gasteiger partial charge on any atom is -0.496 e. The number of nitrogens with two attached hydrogens (primary N) is 1. The number of para-hydroxylation sites is 1. The van der Waals surface area contributed by atoms with Gasteiger partial charge in [0.05, 0.1) is 12.8 Å². The van der Waals surface area contributed by atoms with E-state index in [1.54, 1.807) is 7.11 Å². The van der Waals surface area contributed by atoms with Crippen molar-refractivity contribution >= 4 is 11.6 Å². The third kappa shape index (κ3) is 2.21. The number of ether oxygens (including phenoxy) is 1. The van der Waals surface area contributed by atoms with Gasteiger partial charge in [0.15, 0.2) is 5.15 Å². The first-order valence-electron chi connectivity index (χ1n) is 5.73. The van der Waals surface area contributed by atoms with Crippen LogP contribution in [0, 0.1) is 0 Å². The zero-order chi connectivity index (χ0) is 13.1. The van der Waals surface area contributed by atoms with Crippen LogP contribution >= 0.6 is 11.6 Å². The fourth-order valence-corrected chi connectivity index (χ4v) is 2.32. The number of aromatic nitrogens is 2. The van der Waals surface area contributed by atoms with Gasteiger partial charge in [-0.3, -0.25) is 0 Å². The van der Waals surface area contributed by atoms with Crippen LogP contribution in [-0.4, -0.2) is 23.2 Å². The molecular formula is C13H16ClN3O. The molecule has 0 spiro atoms. The van der Waals surface area contributed by atoms with Gasteiger partial charge in [0.2, 0.25) is 0 Å². The van der Waals surface area contributed by atoms with Gasteiger partial charge in [-0.15, -0.1) is 0 Å². The molecule has 0 aliphatic rings. The highest BCUT2D eigenvalue weighted by molar-refractivity contribution is 6.32. The van der Waals surface area contributed by atoms with E-state index in [2.05, 4.69) is 4.98 Å². The molecule has 1 aromatic carbocycles. The van der Waals surface area contributed by atoms with Crippen LogP contribution in [0.3, 0.4) is 0 Å². The molecule has 2 N–H and O–H groups in total. The van der Waals surface area contributed by atoms with Gasteiger partial charge in [0.1, 0.15) is 11.6 Å². The molecule has 1 aromatic heterocycles. The lowest BCUT2D eigenvalue weighted by Crippen LogP contribution is -2.08. The second-order valence-electron chi connectivity index (χ2n) is 3.97. The number of imidazole rings is 1. The molecule has 5 heteroatoms. The molecule has 0 aliphatic carbocycles. The average molecular weight is 266 g/mol. The Hall–Kier alpha value is -1.52. The Bertz CT molecular complexity index is 551. The summed E-state index contributed by atoms with van der Waals surface area (Å²) in [7, 11) is 3.58. The molecule has 1 heterocycles. The maximum absolute atomic E-state index is 6.22. The molecule has 2 aromatic rings. The van der Waals surface area contributed by atoms with E-state index in [4.69, 9.17) is 22.1 Å². The van der Waals surface area contributed by atoms with Crippen LogP contribution in [0.25, 0.3) is 11.3 Å². The number of methoxy groups -OCH3 is 1. The van der Waals surface area contributed by atoms with Crippen molar-refractivity contribution in [2.24, 2.45) is 12.8 Å². The van der Waals surface area contributed by atoms with Gasteiger partial charge in [-0.25, -0.2) is 4.98 Å². The lowest BCUT2D eigenvalue weighted by Gasteiger charge is -2.10. The Morgan fingerprint density at radius 1 is 1.39 bits per heavy atom. The van der Waals surface area contributed by atoms with Crippen LogP contribution in [0.2, 0.25) is 5.15 Å². The number of halogens is 1. The highest BCUT2D eigenvalue weighted by Gasteiger charge is 2.17. The molecule has 0 radical (unpaired) electrons. The van der Waals surface area contributed by atoms with Crippen LogP contribution in [0.5, 0.6) is 5.75 Å². The maximum atomic E-state index is 6.22. The van der Waals surface area contributed by atoms with Crippen LogP contribution in [-0.2, 0) is 13.5 Å². The number of rotatable bonds is 4. The third-order valence-corrected chi connectivity index (χ3v) is 3.14. The molecule has 0 unspecified atom stereocenters. The van der Waals surface area contributed by atoms with Crippen molar-refractivity contribution in [3.63, 3.8) is 0 Å². The first-order valence-corrected chi connectivity index (χ1v) is 6.11. The highest BCUT2D eigenvalue weighted by Crippen LogP contribution is 2.34. The zero-order valence-electron chi connectivity index (χ0n) is 10.5. The van der Waals surface area contributed by atoms with Gasteiger partial charge in [-0.05, 0) is 18.7 Å². The monoisotopic (exact) mass is 265 g/mol. The molecular weight excluding hydrogens is 250 g/mol. The standard InChI is InChI=1S/C13H16ClN3O/c1-17-11(7-8-15)16-13(14)12(17)9-5-3-4-6-10(9)18-2/h3-6H,7-8,15H2,1-2H3. The Kier molecular flexibility index (Phi) is 3.89. The summed E-state index contributed by atoms with van der Waals surface area (Å²) in [6.07, 6.45) is 0.700. The molecule has 18 heavy (non-hydrogen) atoms. The topological polar surface area (TPSA) is 53.1 Å². The van der Waals surface area contributed by atoms with Crippen molar-refractivity contribution in [1.29, 1.82) is 0 Å². The van der Waals surface area contributed by atoms with E-state index in [1.165, 1.54) is 0 Å². The molecule has 0 saturated carbocycles. The largest absolute Gasteiger partial charge is 0.496 e. The molecule has 0 bridgehead atoms. The summed E-state index contributed by atoms with van der Waals surface area (Å²) in [5.41, 5.74) is 7.35. The summed E-state index contributed by atoms with van der Waals surface area (Å²) in [6.45, 7) is 0.548. The normalized spacial score (nSPS) is 10.7. The van der Waals surface area contributed by atoms with Crippen molar-refractivity contribution in [1.82, 2.24) is 9.55 Å². The second-order valence-corrected chi connectivity index (χ2v) is 4.32. The lowest BCUT2D eigenvalue weighted by atomic mass is 10.1. The predicted molar refractivity (Wildman–Crippen MR) is 73.0 cm³/mol. The summed E-state index contributed by atoms with van der Waals surface area (Å²) in [5, 5.41) is 0.477. The van der Waals surface area contributed by atoms with E-state index in [0.717, 1.165) is 22.8 Å². The van der Waals surface area contributed by atoms with E-state index < -0.39 is 0 Å². The highest BCUT2D eigenvalue weighted by atomic mass is 35.5.